The summed E-state index contributed by atoms with van der Waals surface area (Å²) in [5.74, 6) is -0.980. The van der Waals surface area contributed by atoms with Crippen LogP contribution >= 0.6 is 0 Å². The fourth-order valence-corrected chi connectivity index (χ4v) is 2.65. The van der Waals surface area contributed by atoms with E-state index in [1.807, 2.05) is 12.1 Å². The van der Waals surface area contributed by atoms with E-state index in [1.54, 1.807) is 36.7 Å². The highest BCUT2D eigenvalue weighted by atomic mass is 16.2. The van der Waals surface area contributed by atoms with Gasteiger partial charge in [0.2, 0.25) is 11.8 Å². The van der Waals surface area contributed by atoms with Gasteiger partial charge in [0.1, 0.15) is 0 Å². The van der Waals surface area contributed by atoms with Crippen molar-refractivity contribution in [3.05, 3.63) is 59.9 Å². The lowest BCUT2D eigenvalue weighted by Gasteiger charge is -2.07. The summed E-state index contributed by atoms with van der Waals surface area (Å²) in [4.78, 5) is 39.7. The first-order valence-corrected chi connectivity index (χ1v) is 8.13. The van der Waals surface area contributed by atoms with Gasteiger partial charge in [-0.1, -0.05) is 12.1 Å². The van der Waals surface area contributed by atoms with E-state index < -0.39 is 0 Å². The average molecular weight is 337 g/mol. The van der Waals surface area contributed by atoms with E-state index in [-0.39, 0.29) is 29.4 Å². The van der Waals surface area contributed by atoms with Crippen molar-refractivity contribution in [2.45, 2.75) is 19.9 Å². The number of hydrogen-bond donors (Lipinski definition) is 2. The third-order valence-electron chi connectivity index (χ3n) is 4.22. The molecule has 0 radical (unpaired) electrons. The summed E-state index contributed by atoms with van der Waals surface area (Å²) in [6, 6.07) is 10.5. The third kappa shape index (κ3) is 4.29. The van der Waals surface area contributed by atoms with Gasteiger partial charge in [-0.3, -0.25) is 19.4 Å². The Morgan fingerprint density at radius 3 is 2.52 bits per heavy atom. The quantitative estimate of drug-likeness (QED) is 0.791. The van der Waals surface area contributed by atoms with Crippen molar-refractivity contribution in [1.82, 2.24) is 10.3 Å². The van der Waals surface area contributed by atoms with Gasteiger partial charge in [0, 0.05) is 30.2 Å². The van der Waals surface area contributed by atoms with Crippen LogP contribution in [0.2, 0.25) is 0 Å². The first-order chi connectivity index (χ1) is 12.0. The zero-order chi connectivity index (χ0) is 17.8. The van der Waals surface area contributed by atoms with Crippen LogP contribution in [0.3, 0.4) is 0 Å². The first-order valence-electron chi connectivity index (χ1n) is 8.13. The smallest absolute Gasteiger partial charge is 0.228 e. The predicted octanol–water partition coefficient (Wildman–Crippen LogP) is 2.18. The molecule has 0 bridgehead atoms. The molecule has 6 heteroatoms. The largest absolute Gasteiger partial charge is 0.352 e. The van der Waals surface area contributed by atoms with Crippen LogP contribution in [0, 0.1) is 11.8 Å². The highest BCUT2D eigenvalue weighted by Gasteiger charge is 2.47. The van der Waals surface area contributed by atoms with Gasteiger partial charge in [0.15, 0.2) is 5.78 Å². The normalized spacial score (nSPS) is 18.3. The van der Waals surface area contributed by atoms with Crippen LogP contribution in [-0.4, -0.2) is 22.6 Å². The second-order valence-corrected chi connectivity index (χ2v) is 6.15. The van der Waals surface area contributed by atoms with E-state index in [2.05, 4.69) is 15.6 Å². The Kier molecular flexibility index (Phi) is 4.88. The molecule has 1 fully saturated rings. The van der Waals surface area contributed by atoms with E-state index >= 15 is 0 Å². The van der Waals surface area contributed by atoms with Gasteiger partial charge in [0.25, 0.3) is 0 Å². The van der Waals surface area contributed by atoms with Gasteiger partial charge in [-0.15, -0.1) is 0 Å². The van der Waals surface area contributed by atoms with Gasteiger partial charge in [-0.2, -0.15) is 0 Å². The van der Waals surface area contributed by atoms with Crippen LogP contribution in [0.15, 0.2) is 48.8 Å². The number of pyridine rings is 1. The van der Waals surface area contributed by atoms with Crippen molar-refractivity contribution >= 4 is 23.3 Å². The Morgan fingerprint density at radius 1 is 1.08 bits per heavy atom. The van der Waals surface area contributed by atoms with Crippen LogP contribution in [0.4, 0.5) is 5.69 Å². The summed E-state index contributed by atoms with van der Waals surface area (Å²) in [6.07, 6.45) is 3.88. The number of Topliss-reactive ketones (excluding diaryl/α,β-unsaturated/α-hetero) is 1. The van der Waals surface area contributed by atoms with Gasteiger partial charge in [0.05, 0.1) is 11.8 Å². The molecule has 128 valence electrons. The van der Waals surface area contributed by atoms with Gasteiger partial charge >= 0.3 is 0 Å². The maximum Gasteiger partial charge on any atom is 0.228 e. The van der Waals surface area contributed by atoms with Crippen molar-refractivity contribution in [2.24, 2.45) is 11.8 Å². The molecule has 1 aliphatic carbocycles. The Hall–Kier alpha value is -3.02. The number of hydrogen-bond acceptors (Lipinski definition) is 4. The lowest BCUT2D eigenvalue weighted by atomic mass is 10.1. The standard InChI is InChI=1S/C19H19N3O3/c1-12(23)14-3-2-4-15(9-14)22-19(25)17-10-16(17)18(24)21-11-13-5-7-20-8-6-13/h2-9,16-17H,10-11H2,1H3,(H,21,24)(H,22,25). The third-order valence-corrected chi connectivity index (χ3v) is 4.22. The molecule has 1 aromatic carbocycles. The molecule has 25 heavy (non-hydrogen) atoms. The van der Waals surface area contributed by atoms with Crippen LogP contribution in [0.5, 0.6) is 0 Å². The highest BCUT2D eigenvalue weighted by molar-refractivity contribution is 6.01. The highest BCUT2D eigenvalue weighted by Crippen LogP contribution is 2.39. The molecule has 6 nitrogen and oxygen atoms in total. The Balaban J connectivity index is 1.51. The van der Waals surface area contributed by atoms with Crippen LogP contribution in [0.1, 0.15) is 29.3 Å². The molecule has 1 aromatic heterocycles. The van der Waals surface area contributed by atoms with Crippen molar-refractivity contribution in [3.63, 3.8) is 0 Å². The molecule has 2 aromatic rings. The van der Waals surface area contributed by atoms with Crippen molar-refractivity contribution in [3.8, 4) is 0 Å². The van der Waals surface area contributed by atoms with Crippen molar-refractivity contribution in [2.75, 3.05) is 5.32 Å². The van der Waals surface area contributed by atoms with Crippen molar-refractivity contribution < 1.29 is 14.4 Å². The van der Waals surface area contributed by atoms with E-state index in [0.29, 0.717) is 24.2 Å². The summed E-state index contributed by atoms with van der Waals surface area (Å²) in [6.45, 7) is 1.90. The number of amides is 2. The van der Waals surface area contributed by atoms with Crippen molar-refractivity contribution in [1.29, 1.82) is 0 Å². The molecule has 1 saturated carbocycles. The Bertz CT molecular complexity index is 805. The van der Waals surface area contributed by atoms with E-state index in [1.165, 1.54) is 6.92 Å². The average Bonchev–Trinajstić information content (AvgIpc) is 3.42. The molecule has 0 aliphatic heterocycles. The summed E-state index contributed by atoms with van der Waals surface area (Å²) in [5.41, 5.74) is 2.08. The minimum Gasteiger partial charge on any atom is -0.352 e. The molecule has 2 atom stereocenters. The number of aromatic nitrogens is 1. The molecule has 3 rings (SSSR count). The summed E-state index contributed by atoms with van der Waals surface area (Å²) in [7, 11) is 0. The number of benzene rings is 1. The molecule has 2 amide bonds. The van der Waals surface area contributed by atoms with Crippen LogP contribution < -0.4 is 10.6 Å². The zero-order valence-electron chi connectivity index (χ0n) is 13.9. The molecular formula is C19H19N3O3. The molecule has 1 heterocycles. The monoisotopic (exact) mass is 337 g/mol. The van der Waals surface area contributed by atoms with Gasteiger partial charge < -0.3 is 10.6 Å². The van der Waals surface area contributed by atoms with E-state index in [4.69, 9.17) is 0 Å². The minimum absolute atomic E-state index is 0.0594. The summed E-state index contributed by atoms with van der Waals surface area (Å²) >= 11 is 0. The zero-order valence-corrected chi connectivity index (χ0v) is 13.9. The fraction of sp³-hybridized carbons (Fsp3) is 0.263. The second kappa shape index (κ2) is 7.25. The maximum atomic E-state index is 12.3. The minimum atomic E-state index is -0.321. The van der Waals surface area contributed by atoms with Crippen LogP contribution in [0.25, 0.3) is 0 Å². The number of anilines is 1. The van der Waals surface area contributed by atoms with E-state index in [0.717, 1.165) is 5.56 Å². The number of rotatable bonds is 6. The van der Waals surface area contributed by atoms with E-state index in [9.17, 15) is 14.4 Å². The number of ketones is 1. The topological polar surface area (TPSA) is 88.2 Å². The first kappa shape index (κ1) is 16.8. The Labute approximate surface area is 145 Å². The number of carbonyl (C=O) groups is 3. The number of carbonyl (C=O) groups excluding carboxylic acids is 3. The second-order valence-electron chi connectivity index (χ2n) is 6.15. The molecular weight excluding hydrogens is 318 g/mol. The lowest BCUT2D eigenvalue weighted by Crippen LogP contribution is -2.27. The Morgan fingerprint density at radius 2 is 1.80 bits per heavy atom. The number of nitrogens with one attached hydrogen (secondary N) is 2. The number of nitrogens with zero attached hydrogens (tertiary/aromatic N) is 1. The molecule has 2 unspecified atom stereocenters. The molecule has 2 N–H and O–H groups in total. The summed E-state index contributed by atoms with van der Waals surface area (Å²) < 4.78 is 0. The molecule has 0 saturated heterocycles. The lowest BCUT2D eigenvalue weighted by molar-refractivity contribution is -0.125. The van der Waals surface area contributed by atoms with Gasteiger partial charge in [-0.25, -0.2) is 0 Å². The SMILES string of the molecule is CC(=O)c1cccc(NC(=O)C2CC2C(=O)NCc2ccncc2)c1. The summed E-state index contributed by atoms with van der Waals surface area (Å²) in [5, 5.41) is 5.62. The predicted molar refractivity (Wildman–Crippen MR) is 92.8 cm³/mol. The van der Waals surface area contributed by atoms with Crippen LogP contribution in [-0.2, 0) is 16.1 Å². The maximum absolute atomic E-state index is 12.3. The fourth-order valence-electron chi connectivity index (χ4n) is 2.65. The van der Waals surface area contributed by atoms with Gasteiger partial charge in [-0.05, 0) is 43.2 Å². The molecule has 1 aliphatic rings. The molecule has 0 spiro atoms.